The molecule has 0 N–H and O–H groups in total. The van der Waals surface area contributed by atoms with Crippen molar-refractivity contribution in [2.75, 3.05) is 7.11 Å². The van der Waals surface area contributed by atoms with Gasteiger partial charge in [-0.05, 0) is 30.3 Å². The van der Waals surface area contributed by atoms with Crippen LogP contribution in [0.25, 0.3) is 0 Å². The maximum atomic E-state index is 12.1. The molecule has 0 bridgehead atoms. The average Bonchev–Trinajstić information content (AvgIpc) is 3.14. The third kappa shape index (κ3) is 4.41. The van der Waals surface area contributed by atoms with Crippen molar-refractivity contribution in [3.8, 4) is 11.5 Å². The van der Waals surface area contributed by atoms with Gasteiger partial charge in [0.15, 0.2) is 0 Å². The molecule has 0 aliphatic rings. The predicted octanol–water partition coefficient (Wildman–Crippen LogP) is 4.22. The summed E-state index contributed by atoms with van der Waals surface area (Å²) < 4.78 is 21.6. The third-order valence-electron chi connectivity index (χ3n) is 3.54. The van der Waals surface area contributed by atoms with E-state index in [-0.39, 0.29) is 19.0 Å². The molecule has 1 aromatic heterocycles. The molecule has 0 aliphatic heterocycles. The minimum atomic E-state index is -0.531. The maximum absolute atomic E-state index is 12.1. The molecule has 0 unspecified atom stereocenters. The van der Waals surface area contributed by atoms with Crippen molar-refractivity contribution >= 4 is 5.97 Å². The Labute approximate surface area is 145 Å². The van der Waals surface area contributed by atoms with Crippen LogP contribution in [0.15, 0.2) is 71.1 Å². The Bertz CT molecular complexity index is 823. The highest BCUT2D eigenvalue weighted by molar-refractivity contribution is 5.86. The molecule has 0 saturated carbocycles. The van der Waals surface area contributed by atoms with Gasteiger partial charge in [-0.2, -0.15) is 0 Å². The van der Waals surface area contributed by atoms with Gasteiger partial charge < -0.3 is 18.6 Å². The van der Waals surface area contributed by atoms with E-state index in [9.17, 15) is 4.79 Å². The summed E-state index contributed by atoms with van der Waals surface area (Å²) in [5.41, 5.74) is 0.789. The van der Waals surface area contributed by atoms with Gasteiger partial charge in [0.05, 0.1) is 7.11 Å². The van der Waals surface area contributed by atoms with Crippen LogP contribution in [-0.2, 0) is 18.0 Å². The molecule has 128 valence electrons. The van der Waals surface area contributed by atoms with E-state index in [0.717, 1.165) is 11.3 Å². The van der Waals surface area contributed by atoms with Crippen molar-refractivity contribution in [2.45, 2.75) is 13.2 Å². The first-order chi connectivity index (χ1) is 12.3. The number of hydrogen-bond donors (Lipinski definition) is 0. The number of benzene rings is 2. The van der Waals surface area contributed by atoms with Crippen molar-refractivity contribution in [1.82, 2.24) is 0 Å². The van der Waals surface area contributed by atoms with E-state index < -0.39 is 5.97 Å². The molecule has 0 fully saturated rings. The van der Waals surface area contributed by atoms with E-state index in [0.29, 0.717) is 11.5 Å². The van der Waals surface area contributed by atoms with Gasteiger partial charge in [0, 0.05) is 5.56 Å². The van der Waals surface area contributed by atoms with E-state index in [1.807, 2.05) is 54.6 Å². The highest BCUT2D eigenvalue weighted by Crippen LogP contribution is 2.19. The molecule has 3 aromatic rings. The first kappa shape index (κ1) is 16.6. The van der Waals surface area contributed by atoms with Gasteiger partial charge in [-0.1, -0.05) is 36.4 Å². The van der Waals surface area contributed by atoms with Gasteiger partial charge in [-0.25, -0.2) is 4.79 Å². The SMILES string of the molecule is COc1ccccc1COC(=O)c1ccc(COc2ccccc2)o1. The van der Waals surface area contributed by atoms with Crippen LogP contribution in [-0.4, -0.2) is 13.1 Å². The highest BCUT2D eigenvalue weighted by atomic mass is 16.5. The van der Waals surface area contributed by atoms with Crippen molar-refractivity contribution in [3.05, 3.63) is 83.8 Å². The molecule has 0 atom stereocenters. The maximum Gasteiger partial charge on any atom is 0.374 e. The highest BCUT2D eigenvalue weighted by Gasteiger charge is 2.14. The quantitative estimate of drug-likeness (QED) is 0.604. The smallest absolute Gasteiger partial charge is 0.374 e. The van der Waals surface area contributed by atoms with Gasteiger partial charge in [0.1, 0.15) is 30.5 Å². The molecule has 1 heterocycles. The molecule has 0 spiro atoms. The standard InChI is InChI=1S/C20H18O5/c1-22-18-10-6-5-7-15(18)13-24-20(21)19-12-11-17(25-19)14-23-16-8-3-2-4-9-16/h2-12H,13-14H2,1H3. The lowest BCUT2D eigenvalue weighted by molar-refractivity contribution is 0.0429. The average molecular weight is 338 g/mol. The molecule has 0 amide bonds. The summed E-state index contributed by atoms with van der Waals surface area (Å²) in [6, 6.07) is 20.0. The van der Waals surface area contributed by atoms with Gasteiger partial charge in [0.25, 0.3) is 0 Å². The number of carbonyl (C=O) groups is 1. The van der Waals surface area contributed by atoms with Crippen LogP contribution < -0.4 is 9.47 Å². The number of ether oxygens (including phenoxy) is 3. The second-order valence-electron chi connectivity index (χ2n) is 5.26. The van der Waals surface area contributed by atoms with Gasteiger partial charge in [0.2, 0.25) is 5.76 Å². The Kier molecular flexibility index (Phi) is 5.36. The zero-order valence-electron chi connectivity index (χ0n) is 13.8. The van der Waals surface area contributed by atoms with E-state index in [1.54, 1.807) is 19.2 Å². The first-order valence-electron chi connectivity index (χ1n) is 7.82. The predicted molar refractivity (Wildman–Crippen MR) is 91.6 cm³/mol. The lowest BCUT2D eigenvalue weighted by Gasteiger charge is -2.08. The second kappa shape index (κ2) is 8.06. The Morgan fingerprint density at radius 1 is 0.920 bits per heavy atom. The van der Waals surface area contributed by atoms with Gasteiger partial charge in [-0.15, -0.1) is 0 Å². The molecule has 3 rings (SSSR count). The number of carbonyl (C=O) groups excluding carboxylic acids is 1. The van der Waals surface area contributed by atoms with E-state index >= 15 is 0 Å². The minimum absolute atomic E-state index is 0.111. The van der Waals surface area contributed by atoms with Crippen LogP contribution in [0.4, 0.5) is 0 Å². The fraction of sp³-hybridized carbons (Fsp3) is 0.150. The van der Waals surface area contributed by atoms with Crippen LogP contribution in [0.5, 0.6) is 11.5 Å². The number of hydrogen-bond acceptors (Lipinski definition) is 5. The number of furan rings is 1. The van der Waals surface area contributed by atoms with Crippen molar-refractivity contribution in [2.24, 2.45) is 0 Å². The zero-order valence-corrected chi connectivity index (χ0v) is 13.8. The topological polar surface area (TPSA) is 57.9 Å². The third-order valence-corrected chi connectivity index (χ3v) is 3.54. The summed E-state index contributed by atoms with van der Waals surface area (Å²) in [6.45, 7) is 0.350. The number of rotatable bonds is 7. The Morgan fingerprint density at radius 3 is 2.48 bits per heavy atom. The normalized spacial score (nSPS) is 10.3. The summed E-state index contributed by atoms with van der Waals surface area (Å²) in [4.78, 5) is 12.1. The summed E-state index contributed by atoms with van der Waals surface area (Å²) in [5.74, 6) is 1.57. The van der Waals surface area contributed by atoms with Crippen molar-refractivity contribution < 1.29 is 23.4 Å². The number of methoxy groups -OCH3 is 1. The van der Waals surface area contributed by atoms with E-state index in [4.69, 9.17) is 18.6 Å². The summed E-state index contributed by atoms with van der Waals surface area (Å²) in [6.07, 6.45) is 0. The van der Waals surface area contributed by atoms with Crippen molar-refractivity contribution in [3.63, 3.8) is 0 Å². The Morgan fingerprint density at radius 2 is 1.68 bits per heavy atom. The Balaban J connectivity index is 1.55. The second-order valence-corrected chi connectivity index (χ2v) is 5.26. The monoisotopic (exact) mass is 338 g/mol. The fourth-order valence-corrected chi connectivity index (χ4v) is 2.27. The van der Waals surface area contributed by atoms with E-state index in [1.165, 1.54) is 0 Å². The molecule has 5 nitrogen and oxygen atoms in total. The van der Waals surface area contributed by atoms with Gasteiger partial charge in [-0.3, -0.25) is 0 Å². The van der Waals surface area contributed by atoms with Crippen molar-refractivity contribution in [1.29, 1.82) is 0 Å². The number of para-hydroxylation sites is 2. The van der Waals surface area contributed by atoms with Crippen LogP contribution in [0.2, 0.25) is 0 Å². The summed E-state index contributed by atoms with van der Waals surface area (Å²) in [7, 11) is 1.58. The molecule has 25 heavy (non-hydrogen) atoms. The van der Waals surface area contributed by atoms with Gasteiger partial charge >= 0.3 is 5.97 Å². The molecule has 0 radical (unpaired) electrons. The van der Waals surface area contributed by atoms with Crippen LogP contribution in [0, 0.1) is 0 Å². The number of esters is 1. The molecular formula is C20H18O5. The van der Waals surface area contributed by atoms with E-state index in [2.05, 4.69) is 0 Å². The molecule has 0 saturated heterocycles. The molecular weight excluding hydrogens is 320 g/mol. The minimum Gasteiger partial charge on any atom is -0.496 e. The zero-order chi connectivity index (χ0) is 17.5. The van der Waals surface area contributed by atoms with Crippen LogP contribution in [0.3, 0.4) is 0 Å². The fourth-order valence-electron chi connectivity index (χ4n) is 2.27. The summed E-state index contributed by atoms with van der Waals surface area (Å²) in [5, 5.41) is 0. The molecule has 0 aliphatic carbocycles. The molecule has 2 aromatic carbocycles. The largest absolute Gasteiger partial charge is 0.496 e. The van der Waals surface area contributed by atoms with Crippen LogP contribution >= 0.6 is 0 Å². The Hall–Kier alpha value is -3.21. The first-order valence-corrected chi connectivity index (χ1v) is 7.82. The molecule has 5 heteroatoms. The summed E-state index contributed by atoms with van der Waals surface area (Å²) >= 11 is 0. The van der Waals surface area contributed by atoms with Crippen LogP contribution in [0.1, 0.15) is 21.9 Å². The lowest BCUT2D eigenvalue weighted by Crippen LogP contribution is -2.05. The lowest BCUT2D eigenvalue weighted by atomic mass is 10.2.